The minimum atomic E-state index is -0.0864. The fraction of sp³-hybridized carbons (Fsp3) is 0.500. The molecule has 0 fully saturated rings. The van der Waals surface area contributed by atoms with E-state index in [0.717, 1.165) is 6.54 Å². The van der Waals surface area contributed by atoms with Gasteiger partial charge in [0.25, 0.3) is 0 Å². The van der Waals surface area contributed by atoms with Crippen LogP contribution in [-0.2, 0) is 9.53 Å². The third-order valence-corrected chi connectivity index (χ3v) is 4.02. The van der Waals surface area contributed by atoms with Crippen LogP contribution >= 0.6 is 11.8 Å². The summed E-state index contributed by atoms with van der Waals surface area (Å²) < 4.78 is 4.88. The molecule has 1 unspecified atom stereocenters. The molecule has 1 aromatic carbocycles. The summed E-state index contributed by atoms with van der Waals surface area (Å²) in [7, 11) is 3.29. The van der Waals surface area contributed by atoms with Crippen molar-refractivity contribution in [1.29, 1.82) is 0 Å². The highest BCUT2D eigenvalue weighted by Gasteiger charge is 2.07. The molecule has 1 rings (SSSR count). The van der Waals surface area contributed by atoms with E-state index >= 15 is 0 Å². The molecule has 0 aliphatic heterocycles. The Bertz CT molecular complexity index is 482. The third-order valence-electron chi connectivity index (χ3n) is 2.91. The summed E-state index contributed by atoms with van der Waals surface area (Å²) in [4.78, 5) is 17.0. The normalized spacial score (nSPS) is 12.6. The maximum Gasteiger partial charge on any atom is 0.239 e. The molecule has 0 heterocycles. The van der Waals surface area contributed by atoms with Gasteiger partial charge >= 0.3 is 0 Å². The molecular weight excluding hydrogens is 312 g/mol. The Morgan fingerprint density at radius 2 is 2.00 bits per heavy atom. The number of methoxy groups -OCH3 is 1. The Kier molecular flexibility index (Phi) is 9.90. The first-order chi connectivity index (χ1) is 11.2. The second-order valence-corrected chi connectivity index (χ2v) is 6.40. The maximum atomic E-state index is 11.6. The standard InChI is InChI=1S/C16H26N4O2S/c1-13(23-14-7-5-4-6-8-14)11-19-16(17-2)20-12-15(21)18-9-10-22-3/h4-8,13H,9-12H2,1-3H3,(H,18,21)(H2,17,19,20). The first-order valence-corrected chi connectivity index (χ1v) is 8.45. The van der Waals surface area contributed by atoms with Gasteiger partial charge in [-0.2, -0.15) is 0 Å². The number of carbonyl (C=O) groups excluding carboxylic acids is 1. The molecule has 1 aromatic rings. The van der Waals surface area contributed by atoms with Crippen molar-refractivity contribution in [2.45, 2.75) is 17.1 Å². The topological polar surface area (TPSA) is 74.8 Å². The maximum absolute atomic E-state index is 11.6. The SMILES string of the molecule is CN=C(NCC(=O)NCCOC)NCC(C)Sc1ccccc1. The zero-order valence-electron chi connectivity index (χ0n) is 14.0. The monoisotopic (exact) mass is 338 g/mol. The lowest BCUT2D eigenvalue weighted by Crippen LogP contribution is -2.45. The predicted octanol–water partition coefficient (Wildman–Crippen LogP) is 1.09. The van der Waals surface area contributed by atoms with E-state index in [0.29, 0.717) is 24.4 Å². The summed E-state index contributed by atoms with van der Waals surface area (Å²) >= 11 is 1.80. The highest BCUT2D eigenvalue weighted by Crippen LogP contribution is 2.21. The summed E-state index contributed by atoms with van der Waals surface area (Å²) in [5.74, 6) is 0.532. The summed E-state index contributed by atoms with van der Waals surface area (Å²) in [5.41, 5.74) is 0. The number of nitrogens with zero attached hydrogens (tertiary/aromatic N) is 1. The predicted molar refractivity (Wildman–Crippen MR) is 96.0 cm³/mol. The molecule has 0 spiro atoms. The lowest BCUT2D eigenvalue weighted by Gasteiger charge is -2.15. The average molecular weight is 338 g/mol. The number of hydrogen-bond donors (Lipinski definition) is 3. The van der Waals surface area contributed by atoms with Crippen molar-refractivity contribution < 1.29 is 9.53 Å². The van der Waals surface area contributed by atoms with Gasteiger partial charge in [0.05, 0.1) is 13.2 Å². The molecule has 128 valence electrons. The second-order valence-electron chi connectivity index (χ2n) is 4.89. The van der Waals surface area contributed by atoms with E-state index in [2.05, 4.69) is 40.0 Å². The van der Waals surface area contributed by atoms with Gasteiger partial charge in [-0.15, -0.1) is 11.8 Å². The quantitative estimate of drug-likeness (QED) is 0.272. The highest BCUT2D eigenvalue weighted by atomic mass is 32.2. The van der Waals surface area contributed by atoms with Crippen LogP contribution in [0.4, 0.5) is 0 Å². The molecule has 0 aromatic heterocycles. The number of carbonyl (C=O) groups is 1. The summed E-state index contributed by atoms with van der Waals surface area (Å²) in [5, 5.41) is 9.35. The van der Waals surface area contributed by atoms with Gasteiger partial charge in [-0.1, -0.05) is 25.1 Å². The van der Waals surface area contributed by atoms with E-state index in [1.165, 1.54) is 4.90 Å². The van der Waals surface area contributed by atoms with Gasteiger partial charge in [0.1, 0.15) is 0 Å². The second kappa shape index (κ2) is 11.8. The number of benzene rings is 1. The van der Waals surface area contributed by atoms with Crippen LogP contribution in [0.3, 0.4) is 0 Å². The van der Waals surface area contributed by atoms with Gasteiger partial charge in [0, 0.05) is 37.4 Å². The van der Waals surface area contributed by atoms with E-state index in [1.54, 1.807) is 25.9 Å². The van der Waals surface area contributed by atoms with Crippen molar-refractivity contribution in [3.8, 4) is 0 Å². The Morgan fingerprint density at radius 3 is 2.65 bits per heavy atom. The summed E-state index contributed by atoms with van der Waals surface area (Å²) in [6.07, 6.45) is 0. The van der Waals surface area contributed by atoms with Crippen LogP contribution in [0.2, 0.25) is 0 Å². The van der Waals surface area contributed by atoms with Crippen LogP contribution in [0.15, 0.2) is 40.2 Å². The van der Waals surface area contributed by atoms with Gasteiger partial charge in [0.15, 0.2) is 5.96 Å². The van der Waals surface area contributed by atoms with Gasteiger partial charge in [-0.25, -0.2) is 0 Å². The number of amides is 1. The minimum Gasteiger partial charge on any atom is -0.383 e. The highest BCUT2D eigenvalue weighted by molar-refractivity contribution is 8.00. The first kappa shape index (κ1) is 19.3. The summed E-state index contributed by atoms with van der Waals surface area (Å²) in [6.45, 7) is 4.10. The Labute approximate surface area is 142 Å². The number of nitrogens with one attached hydrogen (secondary N) is 3. The van der Waals surface area contributed by atoms with E-state index < -0.39 is 0 Å². The fourth-order valence-corrected chi connectivity index (χ4v) is 2.70. The van der Waals surface area contributed by atoms with Crippen LogP contribution in [0.1, 0.15) is 6.92 Å². The van der Waals surface area contributed by atoms with Crippen LogP contribution in [0.5, 0.6) is 0 Å². The van der Waals surface area contributed by atoms with E-state index in [9.17, 15) is 4.79 Å². The molecule has 3 N–H and O–H groups in total. The van der Waals surface area contributed by atoms with Gasteiger partial charge in [-0.3, -0.25) is 9.79 Å². The molecule has 0 aliphatic rings. The van der Waals surface area contributed by atoms with Crippen molar-refractivity contribution in [3.63, 3.8) is 0 Å². The molecule has 0 saturated carbocycles. The zero-order valence-corrected chi connectivity index (χ0v) is 14.8. The molecule has 6 nitrogen and oxygen atoms in total. The molecule has 7 heteroatoms. The van der Waals surface area contributed by atoms with Gasteiger partial charge in [-0.05, 0) is 12.1 Å². The number of ether oxygens (including phenoxy) is 1. The molecule has 23 heavy (non-hydrogen) atoms. The van der Waals surface area contributed by atoms with Crippen molar-refractivity contribution in [1.82, 2.24) is 16.0 Å². The molecule has 0 saturated heterocycles. The molecular formula is C16H26N4O2S. The van der Waals surface area contributed by atoms with E-state index in [1.807, 2.05) is 18.2 Å². The van der Waals surface area contributed by atoms with Crippen LogP contribution in [0, 0.1) is 0 Å². The fourth-order valence-electron chi connectivity index (χ4n) is 1.75. The lowest BCUT2D eigenvalue weighted by atomic mass is 10.4. The Balaban J connectivity index is 2.24. The zero-order chi connectivity index (χ0) is 16.9. The molecule has 0 bridgehead atoms. The molecule has 0 radical (unpaired) electrons. The van der Waals surface area contributed by atoms with E-state index in [-0.39, 0.29) is 12.5 Å². The Morgan fingerprint density at radius 1 is 1.26 bits per heavy atom. The number of aliphatic imine (C=N–C) groups is 1. The number of hydrogen-bond acceptors (Lipinski definition) is 4. The van der Waals surface area contributed by atoms with Crippen molar-refractivity contribution in [3.05, 3.63) is 30.3 Å². The molecule has 1 atom stereocenters. The third kappa shape index (κ3) is 9.10. The van der Waals surface area contributed by atoms with E-state index in [4.69, 9.17) is 4.74 Å². The lowest BCUT2D eigenvalue weighted by molar-refractivity contribution is -0.120. The first-order valence-electron chi connectivity index (χ1n) is 7.57. The Hall–Kier alpha value is -1.73. The van der Waals surface area contributed by atoms with Crippen molar-refractivity contribution in [2.24, 2.45) is 4.99 Å². The molecule has 0 aliphatic carbocycles. The number of rotatable bonds is 9. The minimum absolute atomic E-state index is 0.0864. The smallest absolute Gasteiger partial charge is 0.239 e. The van der Waals surface area contributed by atoms with Crippen molar-refractivity contribution >= 4 is 23.6 Å². The molecule has 1 amide bonds. The van der Waals surface area contributed by atoms with Crippen LogP contribution < -0.4 is 16.0 Å². The number of thioether (sulfide) groups is 1. The summed E-state index contributed by atoms with van der Waals surface area (Å²) in [6, 6.07) is 10.3. The van der Waals surface area contributed by atoms with Gasteiger partial charge < -0.3 is 20.7 Å². The average Bonchev–Trinajstić information content (AvgIpc) is 2.56. The largest absolute Gasteiger partial charge is 0.383 e. The van der Waals surface area contributed by atoms with Gasteiger partial charge in [0.2, 0.25) is 5.91 Å². The number of guanidine groups is 1. The van der Waals surface area contributed by atoms with Crippen LogP contribution in [0.25, 0.3) is 0 Å². The van der Waals surface area contributed by atoms with Crippen LogP contribution in [-0.4, -0.2) is 57.5 Å². The van der Waals surface area contributed by atoms with Crippen molar-refractivity contribution in [2.75, 3.05) is 40.4 Å².